The third-order valence-electron chi connectivity index (χ3n) is 2.74. The van der Waals surface area contributed by atoms with Crippen molar-refractivity contribution >= 4 is 32.8 Å². The van der Waals surface area contributed by atoms with Gasteiger partial charge in [0.1, 0.15) is 11.1 Å². The zero-order valence-corrected chi connectivity index (χ0v) is 12.8. The summed E-state index contributed by atoms with van der Waals surface area (Å²) in [6.07, 6.45) is 0.247. The van der Waals surface area contributed by atoms with Gasteiger partial charge in [-0.3, -0.25) is 4.79 Å². The Balaban J connectivity index is 2.06. The standard InChI is InChI=1S/C13H11BrN2O6/c14-9-2-3-11-8(6-9)7-10(13(18)22-11)12(17)15-4-1-5-21-16(19)20/h2-3,6-7H,1,4-5H2,(H,15,17). The van der Waals surface area contributed by atoms with Crippen LogP contribution in [0.3, 0.4) is 0 Å². The van der Waals surface area contributed by atoms with Crippen molar-refractivity contribution in [3.05, 3.63) is 54.8 Å². The van der Waals surface area contributed by atoms with Gasteiger partial charge >= 0.3 is 5.63 Å². The highest BCUT2D eigenvalue weighted by Crippen LogP contribution is 2.19. The normalized spacial score (nSPS) is 10.4. The van der Waals surface area contributed by atoms with E-state index >= 15 is 0 Å². The molecule has 2 aromatic rings. The summed E-state index contributed by atoms with van der Waals surface area (Å²) in [5.41, 5.74) is -0.487. The van der Waals surface area contributed by atoms with E-state index in [1.165, 1.54) is 6.07 Å². The van der Waals surface area contributed by atoms with E-state index in [1.54, 1.807) is 18.2 Å². The van der Waals surface area contributed by atoms with E-state index in [0.717, 1.165) is 4.47 Å². The summed E-state index contributed by atoms with van der Waals surface area (Å²) in [6.45, 7) is 0.00912. The Labute approximate surface area is 132 Å². The van der Waals surface area contributed by atoms with E-state index in [9.17, 15) is 19.7 Å². The van der Waals surface area contributed by atoms with Gasteiger partial charge in [-0.1, -0.05) is 15.9 Å². The summed E-state index contributed by atoms with van der Waals surface area (Å²) >= 11 is 3.29. The first-order chi connectivity index (χ1) is 10.5. The molecule has 0 saturated carbocycles. The number of benzene rings is 1. The molecule has 1 aromatic heterocycles. The van der Waals surface area contributed by atoms with Crippen molar-refractivity contribution in [1.82, 2.24) is 5.32 Å². The van der Waals surface area contributed by atoms with Gasteiger partial charge in [0, 0.05) is 16.4 Å². The summed E-state index contributed by atoms with van der Waals surface area (Å²) in [4.78, 5) is 37.8. The van der Waals surface area contributed by atoms with Gasteiger partial charge in [0.2, 0.25) is 0 Å². The summed E-state index contributed by atoms with van der Waals surface area (Å²) in [6, 6.07) is 6.51. The second-order valence-electron chi connectivity index (χ2n) is 4.30. The Bertz CT molecular complexity index is 773. The molecule has 0 radical (unpaired) electrons. The van der Waals surface area contributed by atoms with Crippen LogP contribution in [0.15, 0.2) is 37.9 Å². The lowest BCUT2D eigenvalue weighted by molar-refractivity contribution is -0.757. The molecule has 0 aliphatic carbocycles. The van der Waals surface area contributed by atoms with Crippen LogP contribution in [0.25, 0.3) is 11.0 Å². The number of hydrogen-bond acceptors (Lipinski definition) is 6. The largest absolute Gasteiger partial charge is 0.422 e. The fourth-order valence-electron chi connectivity index (χ4n) is 1.76. The van der Waals surface area contributed by atoms with Gasteiger partial charge in [-0.25, -0.2) is 4.79 Å². The van der Waals surface area contributed by atoms with Crippen LogP contribution >= 0.6 is 15.9 Å². The fraction of sp³-hybridized carbons (Fsp3) is 0.231. The highest BCUT2D eigenvalue weighted by molar-refractivity contribution is 9.10. The molecule has 0 aliphatic heterocycles. The molecular weight excluding hydrogens is 360 g/mol. The maximum Gasteiger partial charge on any atom is 0.349 e. The smallest absolute Gasteiger partial charge is 0.349 e. The Morgan fingerprint density at radius 1 is 1.41 bits per heavy atom. The number of amides is 1. The minimum Gasteiger partial charge on any atom is -0.422 e. The molecule has 1 N–H and O–H groups in total. The molecule has 0 aliphatic rings. The predicted octanol–water partition coefficient (Wildman–Crippen LogP) is 1.88. The zero-order valence-electron chi connectivity index (χ0n) is 11.2. The van der Waals surface area contributed by atoms with E-state index in [0.29, 0.717) is 11.0 Å². The summed E-state index contributed by atoms with van der Waals surface area (Å²) < 4.78 is 5.87. The zero-order chi connectivity index (χ0) is 16.1. The van der Waals surface area contributed by atoms with Crippen LogP contribution in [-0.2, 0) is 4.84 Å². The Kier molecular flexibility index (Phi) is 5.10. The lowest BCUT2D eigenvalue weighted by Crippen LogP contribution is -2.29. The van der Waals surface area contributed by atoms with E-state index < -0.39 is 16.6 Å². The van der Waals surface area contributed by atoms with Gasteiger partial charge in [-0.15, -0.1) is 10.1 Å². The molecular formula is C13H11BrN2O6. The Morgan fingerprint density at radius 3 is 2.91 bits per heavy atom. The number of fused-ring (bicyclic) bond motifs is 1. The van der Waals surface area contributed by atoms with Crippen molar-refractivity contribution in [2.75, 3.05) is 13.2 Å². The monoisotopic (exact) mass is 370 g/mol. The number of carbonyl (C=O) groups excluding carboxylic acids is 1. The maximum absolute atomic E-state index is 11.9. The molecule has 0 saturated heterocycles. The molecule has 2 rings (SSSR count). The molecule has 9 heteroatoms. The van der Waals surface area contributed by atoms with Crippen molar-refractivity contribution in [2.45, 2.75) is 6.42 Å². The molecule has 0 bridgehead atoms. The SMILES string of the molecule is O=C(NCCCO[N+](=O)[O-])c1cc2cc(Br)ccc2oc1=O. The minimum absolute atomic E-state index is 0.124. The van der Waals surface area contributed by atoms with Crippen LogP contribution in [-0.4, -0.2) is 24.1 Å². The molecule has 0 fully saturated rings. The van der Waals surface area contributed by atoms with Gasteiger partial charge in [0.25, 0.3) is 11.0 Å². The van der Waals surface area contributed by atoms with Crippen LogP contribution in [0, 0.1) is 10.1 Å². The van der Waals surface area contributed by atoms with E-state index in [2.05, 4.69) is 26.1 Å². The minimum atomic E-state index is -0.905. The predicted molar refractivity (Wildman–Crippen MR) is 80.1 cm³/mol. The Hall–Kier alpha value is -2.42. The highest BCUT2D eigenvalue weighted by Gasteiger charge is 2.13. The van der Waals surface area contributed by atoms with Crippen molar-refractivity contribution in [3.8, 4) is 0 Å². The lowest BCUT2D eigenvalue weighted by atomic mass is 10.2. The van der Waals surface area contributed by atoms with Gasteiger partial charge in [-0.05, 0) is 30.7 Å². The topological polar surface area (TPSA) is 112 Å². The van der Waals surface area contributed by atoms with Gasteiger partial charge in [0.15, 0.2) is 0 Å². The average molecular weight is 371 g/mol. The van der Waals surface area contributed by atoms with Crippen LogP contribution in [0.1, 0.15) is 16.8 Å². The maximum atomic E-state index is 11.9. The van der Waals surface area contributed by atoms with Gasteiger partial charge < -0.3 is 14.6 Å². The number of carbonyl (C=O) groups is 1. The summed E-state index contributed by atoms with van der Waals surface area (Å²) in [5, 5.41) is 12.1. The number of rotatable bonds is 6. The van der Waals surface area contributed by atoms with Crippen LogP contribution < -0.4 is 10.9 Å². The van der Waals surface area contributed by atoms with Crippen molar-refractivity contribution in [1.29, 1.82) is 0 Å². The van der Waals surface area contributed by atoms with Crippen molar-refractivity contribution < 1.29 is 19.1 Å². The number of nitrogens with one attached hydrogen (secondary N) is 1. The fourth-order valence-corrected chi connectivity index (χ4v) is 2.14. The van der Waals surface area contributed by atoms with Crippen LogP contribution in [0.2, 0.25) is 0 Å². The molecule has 0 atom stereocenters. The number of hydrogen-bond donors (Lipinski definition) is 1. The molecule has 8 nitrogen and oxygen atoms in total. The lowest BCUT2D eigenvalue weighted by Gasteiger charge is -2.05. The molecule has 22 heavy (non-hydrogen) atoms. The molecule has 1 heterocycles. The average Bonchev–Trinajstić information content (AvgIpc) is 2.46. The molecule has 1 amide bonds. The third-order valence-corrected chi connectivity index (χ3v) is 3.24. The van der Waals surface area contributed by atoms with Gasteiger partial charge in [-0.2, -0.15) is 0 Å². The van der Waals surface area contributed by atoms with Crippen molar-refractivity contribution in [3.63, 3.8) is 0 Å². The van der Waals surface area contributed by atoms with Crippen LogP contribution in [0.5, 0.6) is 0 Å². The Morgan fingerprint density at radius 2 is 2.18 bits per heavy atom. The van der Waals surface area contributed by atoms with Crippen LogP contribution in [0.4, 0.5) is 0 Å². The molecule has 116 valence electrons. The first-order valence-corrected chi connectivity index (χ1v) is 7.05. The number of halogens is 1. The molecule has 0 unspecified atom stereocenters. The first kappa shape index (κ1) is 16.0. The van der Waals surface area contributed by atoms with E-state index in [1.807, 2.05) is 0 Å². The quantitative estimate of drug-likeness (QED) is 0.359. The molecule has 1 aromatic carbocycles. The third kappa shape index (κ3) is 4.04. The number of nitrogens with zero attached hydrogens (tertiary/aromatic N) is 1. The second-order valence-corrected chi connectivity index (χ2v) is 5.21. The highest BCUT2D eigenvalue weighted by atomic mass is 79.9. The second kappa shape index (κ2) is 7.03. The molecule has 0 spiro atoms. The first-order valence-electron chi connectivity index (χ1n) is 6.26. The van der Waals surface area contributed by atoms with Crippen molar-refractivity contribution in [2.24, 2.45) is 0 Å². The van der Waals surface area contributed by atoms with E-state index in [4.69, 9.17) is 4.42 Å². The summed E-state index contributed by atoms with van der Waals surface area (Å²) in [5.74, 6) is -0.600. The van der Waals surface area contributed by atoms with Gasteiger partial charge in [0.05, 0.1) is 6.61 Å². The summed E-state index contributed by atoms with van der Waals surface area (Å²) in [7, 11) is 0. The van der Waals surface area contributed by atoms with E-state index in [-0.39, 0.29) is 25.1 Å².